The molecule has 0 aromatic rings. The average molecular weight is 246 g/mol. The fraction of sp³-hybridized carbons (Fsp3) is 0.929. The molecule has 0 aliphatic rings. The molecular formula is C14H30O3. The first-order valence-corrected chi connectivity index (χ1v) is 6.92. The molecule has 0 fully saturated rings. The lowest BCUT2D eigenvalue weighted by molar-refractivity contribution is -0.134. The van der Waals surface area contributed by atoms with Crippen molar-refractivity contribution in [3.63, 3.8) is 0 Å². The molecule has 0 unspecified atom stereocenters. The van der Waals surface area contributed by atoms with Crippen LogP contribution in [0, 0.1) is 0 Å². The Morgan fingerprint density at radius 1 is 0.882 bits per heavy atom. The fourth-order valence-corrected chi connectivity index (χ4v) is 1.36. The maximum Gasteiger partial charge on any atom is 0.300 e. The van der Waals surface area contributed by atoms with E-state index in [0.717, 1.165) is 20.1 Å². The van der Waals surface area contributed by atoms with Gasteiger partial charge in [0.2, 0.25) is 0 Å². The highest BCUT2D eigenvalue weighted by Gasteiger charge is 1.90. The molecule has 0 saturated heterocycles. The SMILES string of the molecule is CC(=O)O.CCCCCCOCCCCCC. The summed E-state index contributed by atoms with van der Waals surface area (Å²) in [5.41, 5.74) is 0. The van der Waals surface area contributed by atoms with Gasteiger partial charge in [-0.3, -0.25) is 4.79 Å². The summed E-state index contributed by atoms with van der Waals surface area (Å²) in [5.74, 6) is -0.833. The topological polar surface area (TPSA) is 46.5 Å². The number of rotatable bonds is 10. The van der Waals surface area contributed by atoms with E-state index in [1.807, 2.05) is 0 Å². The molecule has 0 saturated carbocycles. The summed E-state index contributed by atoms with van der Waals surface area (Å²) in [7, 11) is 0. The van der Waals surface area contributed by atoms with Crippen molar-refractivity contribution in [2.75, 3.05) is 13.2 Å². The Morgan fingerprint density at radius 2 is 1.24 bits per heavy atom. The lowest BCUT2D eigenvalue weighted by Gasteiger charge is -2.03. The zero-order valence-corrected chi connectivity index (χ0v) is 11.8. The molecule has 0 amide bonds. The van der Waals surface area contributed by atoms with Crippen LogP contribution in [0.5, 0.6) is 0 Å². The molecule has 0 spiro atoms. The minimum Gasteiger partial charge on any atom is -0.481 e. The zero-order valence-electron chi connectivity index (χ0n) is 11.8. The van der Waals surface area contributed by atoms with Crippen LogP contribution in [-0.4, -0.2) is 24.3 Å². The van der Waals surface area contributed by atoms with Crippen LogP contribution in [0.15, 0.2) is 0 Å². The van der Waals surface area contributed by atoms with Gasteiger partial charge in [-0.05, 0) is 12.8 Å². The molecule has 3 nitrogen and oxygen atoms in total. The van der Waals surface area contributed by atoms with Gasteiger partial charge >= 0.3 is 0 Å². The van der Waals surface area contributed by atoms with Crippen LogP contribution in [-0.2, 0) is 9.53 Å². The van der Waals surface area contributed by atoms with Gasteiger partial charge in [-0.1, -0.05) is 52.4 Å². The van der Waals surface area contributed by atoms with Crippen LogP contribution in [0.3, 0.4) is 0 Å². The van der Waals surface area contributed by atoms with Gasteiger partial charge in [-0.15, -0.1) is 0 Å². The first kappa shape index (κ1) is 18.8. The van der Waals surface area contributed by atoms with E-state index in [9.17, 15) is 0 Å². The number of unbranched alkanes of at least 4 members (excludes halogenated alkanes) is 6. The van der Waals surface area contributed by atoms with Crippen molar-refractivity contribution >= 4 is 5.97 Å². The monoisotopic (exact) mass is 246 g/mol. The number of carbonyl (C=O) groups is 1. The highest BCUT2D eigenvalue weighted by atomic mass is 16.5. The van der Waals surface area contributed by atoms with E-state index in [2.05, 4.69) is 13.8 Å². The highest BCUT2D eigenvalue weighted by molar-refractivity contribution is 5.62. The smallest absolute Gasteiger partial charge is 0.300 e. The van der Waals surface area contributed by atoms with Gasteiger partial charge in [-0.25, -0.2) is 0 Å². The molecule has 0 aliphatic carbocycles. The molecule has 0 atom stereocenters. The Labute approximate surface area is 107 Å². The van der Waals surface area contributed by atoms with Gasteiger partial charge in [0.25, 0.3) is 5.97 Å². The van der Waals surface area contributed by atoms with E-state index >= 15 is 0 Å². The van der Waals surface area contributed by atoms with Gasteiger partial charge in [0.15, 0.2) is 0 Å². The Bertz CT molecular complexity index is 132. The Kier molecular flexibility index (Phi) is 19.7. The first-order chi connectivity index (χ1) is 8.15. The van der Waals surface area contributed by atoms with Crippen molar-refractivity contribution < 1.29 is 14.6 Å². The van der Waals surface area contributed by atoms with Gasteiger partial charge in [0.05, 0.1) is 0 Å². The summed E-state index contributed by atoms with van der Waals surface area (Å²) >= 11 is 0. The molecule has 0 aliphatic heterocycles. The van der Waals surface area contributed by atoms with E-state index in [4.69, 9.17) is 14.6 Å². The second-order valence-electron chi connectivity index (χ2n) is 4.25. The van der Waals surface area contributed by atoms with Crippen molar-refractivity contribution in [1.29, 1.82) is 0 Å². The van der Waals surface area contributed by atoms with Crippen molar-refractivity contribution in [1.82, 2.24) is 0 Å². The zero-order chi connectivity index (χ0) is 13.4. The normalized spacial score (nSPS) is 9.59. The third kappa shape index (κ3) is 31.3. The molecule has 0 bridgehead atoms. The predicted octanol–water partition coefficient (Wildman–Crippen LogP) is 4.25. The molecule has 0 heterocycles. The van der Waals surface area contributed by atoms with E-state index < -0.39 is 5.97 Å². The third-order valence-corrected chi connectivity index (χ3v) is 2.28. The summed E-state index contributed by atoms with van der Waals surface area (Å²) in [6, 6.07) is 0. The number of carboxylic acids is 1. The molecular weight excluding hydrogens is 216 g/mol. The molecule has 3 heteroatoms. The van der Waals surface area contributed by atoms with Gasteiger partial charge in [0.1, 0.15) is 0 Å². The number of hydrogen-bond donors (Lipinski definition) is 1. The van der Waals surface area contributed by atoms with Crippen molar-refractivity contribution in [2.24, 2.45) is 0 Å². The van der Waals surface area contributed by atoms with Crippen molar-refractivity contribution in [3.8, 4) is 0 Å². The summed E-state index contributed by atoms with van der Waals surface area (Å²) < 4.78 is 5.53. The maximum atomic E-state index is 9.00. The van der Waals surface area contributed by atoms with E-state index in [-0.39, 0.29) is 0 Å². The number of hydrogen-bond acceptors (Lipinski definition) is 2. The van der Waals surface area contributed by atoms with Crippen LogP contribution in [0.25, 0.3) is 0 Å². The Hall–Kier alpha value is -0.570. The van der Waals surface area contributed by atoms with Gasteiger partial charge < -0.3 is 9.84 Å². The third-order valence-electron chi connectivity index (χ3n) is 2.28. The minimum atomic E-state index is -0.833. The fourth-order valence-electron chi connectivity index (χ4n) is 1.36. The van der Waals surface area contributed by atoms with Crippen LogP contribution in [0.2, 0.25) is 0 Å². The highest BCUT2D eigenvalue weighted by Crippen LogP contribution is 2.01. The molecule has 17 heavy (non-hydrogen) atoms. The Morgan fingerprint density at radius 3 is 1.53 bits per heavy atom. The van der Waals surface area contributed by atoms with Crippen LogP contribution in [0.4, 0.5) is 0 Å². The minimum absolute atomic E-state index is 0.833. The average Bonchev–Trinajstić information content (AvgIpc) is 2.26. The van der Waals surface area contributed by atoms with Crippen LogP contribution >= 0.6 is 0 Å². The lowest BCUT2D eigenvalue weighted by atomic mass is 10.2. The van der Waals surface area contributed by atoms with E-state index in [0.29, 0.717) is 0 Å². The van der Waals surface area contributed by atoms with Crippen LogP contribution in [0.1, 0.15) is 72.1 Å². The van der Waals surface area contributed by atoms with Crippen LogP contribution < -0.4 is 0 Å². The molecule has 104 valence electrons. The predicted molar refractivity (Wildman–Crippen MR) is 72.4 cm³/mol. The molecule has 0 aromatic carbocycles. The number of carboxylic acid groups (broad SMARTS) is 1. The van der Waals surface area contributed by atoms with E-state index in [1.54, 1.807) is 0 Å². The van der Waals surface area contributed by atoms with Gasteiger partial charge in [-0.2, -0.15) is 0 Å². The summed E-state index contributed by atoms with van der Waals surface area (Å²) in [5, 5.41) is 7.42. The van der Waals surface area contributed by atoms with Gasteiger partial charge in [0, 0.05) is 20.1 Å². The second-order valence-corrected chi connectivity index (χ2v) is 4.25. The largest absolute Gasteiger partial charge is 0.481 e. The van der Waals surface area contributed by atoms with Crippen molar-refractivity contribution in [3.05, 3.63) is 0 Å². The van der Waals surface area contributed by atoms with E-state index in [1.165, 1.54) is 51.4 Å². The molecule has 0 rings (SSSR count). The lowest BCUT2D eigenvalue weighted by Crippen LogP contribution is -1.96. The standard InChI is InChI=1S/C12H26O.C2H4O2/c1-3-5-7-9-11-13-12-10-8-6-4-2;1-2(3)4/h3-12H2,1-2H3;1H3,(H,3,4). The quantitative estimate of drug-likeness (QED) is 0.586. The summed E-state index contributed by atoms with van der Waals surface area (Å²) in [6.45, 7) is 7.52. The first-order valence-electron chi connectivity index (χ1n) is 6.92. The molecule has 0 radical (unpaired) electrons. The summed E-state index contributed by atoms with van der Waals surface area (Å²) in [6.07, 6.45) is 10.5. The maximum absolute atomic E-state index is 9.00. The number of aliphatic carboxylic acids is 1. The molecule has 1 N–H and O–H groups in total. The van der Waals surface area contributed by atoms with Crippen molar-refractivity contribution in [2.45, 2.75) is 72.1 Å². The number of ether oxygens (including phenoxy) is 1. The summed E-state index contributed by atoms with van der Waals surface area (Å²) in [4.78, 5) is 9.00. The molecule has 0 aromatic heterocycles. The second kappa shape index (κ2) is 17.8. The Balaban J connectivity index is 0.